The molecule has 0 bridgehead atoms. The maximum atomic E-state index is 8.98. The number of benzene rings is 1. The molecule has 0 fully saturated rings. The Bertz CT molecular complexity index is 348. The van der Waals surface area contributed by atoms with E-state index in [1.807, 2.05) is 13.8 Å². The molecule has 0 spiro atoms. The van der Waals surface area contributed by atoms with Crippen LogP contribution in [0.1, 0.15) is 19.4 Å². The molecule has 15 heavy (non-hydrogen) atoms. The number of hydrogen-bond acceptors (Lipinski definition) is 4. The first-order chi connectivity index (χ1) is 6.79. The van der Waals surface area contributed by atoms with Crippen LogP contribution in [0.25, 0.3) is 0 Å². The fourth-order valence-corrected chi connectivity index (χ4v) is 1.50. The summed E-state index contributed by atoms with van der Waals surface area (Å²) in [7, 11) is -1.52. The maximum absolute atomic E-state index is 8.98. The molecule has 0 aliphatic carbocycles. The fourth-order valence-electron chi connectivity index (χ4n) is 1.50. The smallest absolute Gasteiger partial charge is 0.423 e. The Labute approximate surface area is 90.1 Å². The summed E-state index contributed by atoms with van der Waals surface area (Å²) in [6.07, 6.45) is 0.693. The molecule has 4 nitrogen and oxygen atoms in total. The first kappa shape index (κ1) is 12.0. The van der Waals surface area contributed by atoms with Crippen molar-refractivity contribution in [2.24, 2.45) is 5.73 Å². The van der Waals surface area contributed by atoms with Gasteiger partial charge >= 0.3 is 7.12 Å². The van der Waals surface area contributed by atoms with Crippen LogP contribution in [-0.2, 0) is 6.42 Å². The Morgan fingerprint density at radius 3 is 2.33 bits per heavy atom. The van der Waals surface area contributed by atoms with Gasteiger partial charge in [0.1, 0.15) is 0 Å². The summed E-state index contributed by atoms with van der Waals surface area (Å²) in [5.41, 5.74) is 13.0. The second kappa shape index (κ2) is 4.22. The second-order valence-electron chi connectivity index (χ2n) is 4.50. The molecule has 0 unspecified atom stereocenters. The Kier molecular flexibility index (Phi) is 3.39. The van der Waals surface area contributed by atoms with E-state index < -0.39 is 7.12 Å². The number of nitrogen functional groups attached to an aromatic ring is 1. The average molecular weight is 208 g/mol. The Morgan fingerprint density at radius 2 is 1.93 bits per heavy atom. The lowest BCUT2D eigenvalue weighted by Crippen LogP contribution is -2.35. The largest absolute Gasteiger partial charge is 0.490 e. The highest BCUT2D eigenvalue weighted by Crippen LogP contribution is 2.12. The third-order valence-corrected chi connectivity index (χ3v) is 2.09. The van der Waals surface area contributed by atoms with Crippen molar-refractivity contribution < 1.29 is 10.0 Å². The van der Waals surface area contributed by atoms with E-state index in [0.717, 1.165) is 5.56 Å². The van der Waals surface area contributed by atoms with Gasteiger partial charge in [-0.1, -0.05) is 12.1 Å². The molecule has 6 N–H and O–H groups in total. The predicted molar refractivity (Wildman–Crippen MR) is 62.7 cm³/mol. The first-order valence-corrected chi connectivity index (χ1v) is 4.83. The standard InChI is InChI=1S/C10H17BN2O2/c1-10(2,13)6-7-3-4-8(11(14)15)9(12)5-7/h3-5,14-15H,6,12-13H2,1-2H3. The number of anilines is 1. The third-order valence-electron chi connectivity index (χ3n) is 2.09. The molecule has 1 rings (SSSR count). The zero-order valence-corrected chi connectivity index (χ0v) is 9.07. The summed E-state index contributed by atoms with van der Waals surface area (Å²) in [6, 6.07) is 5.14. The lowest BCUT2D eigenvalue weighted by atomic mass is 9.78. The van der Waals surface area contributed by atoms with Crippen LogP contribution in [0.3, 0.4) is 0 Å². The van der Waals surface area contributed by atoms with Crippen molar-refractivity contribution in [1.29, 1.82) is 0 Å². The van der Waals surface area contributed by atoms with Crippen LogP contribution in [0, 0.1) is 0 Å². The molecule has 0 aliphatic heterocycles. The van der Waals surface area contributed by atoms with Crippen LogP contribution in [0.2, 0.25) is 0 Å². The van der Waals surface area contributed by atoms with Gasteiger partial charge in [0.2, 0.25) is 0 Å². The molecule has 0 heterocycles. The van der Waals surface area contributed by atoms with Crippen molar-refractivity contribution >= 4 is 18.3 Å². The lowest BCUT2D eigenvalue weighted by Gasteiger charge is -2.19. The van der Waals surface area contributed by atoms with Gasteiger partial charge in [-0.2, -0.15) is 0 Å². The van der Waals surface area contributed by atoms with Gasteiger partial charge in [0, 0.05) is 16.7 Å². The molecule has 1 aromatic carbocycles. The fraction of sp³-hybridized carbons (Fsp3) is 0.400. The number of nitrogens with two attached hydrogens (primary N) is 2. The molecular weight excluding hydrogens is 191 g/mol. The van der Waals surface area contributed by atoms with Gasteiger partial charge in [-0.15, -0.1) is 0 Å². The predicted octanol–water partition coefficient (Wildman–Crippen LogP) is -0.772. The van der Waals surface area contributed by atoms with Crippen molar-refractivity contribution in [3.05, 3.63) is 23.8 Å². The van der Waals surface area contributed by atoms with E-state index in [-0.39, 0.29) is 5.54 Å². The van der Waals surface area contributed by atoms with Crippen molar-refractivity contribution in [3.63, 3.8) is 0 Å². The Morgan fingerprint density at radius 1 is 1.33 bits per heavy atom. The monoisotopic (exact) mass is 208 g/mol. The molecule has 1 aromatic rings. The van der Waals surface area contributed by atoms with Crippen molar-refractivity contribution in [1.82, 2.24) is 0 Å². The minimum absolute atomic E-state index is 0.300. The summed E-state index contributed by atoms with van der Waals surface area (Å²) in [5, 5.41) is 18.0. The molecule has 0 amide bonds. The topological polar surface area (TPSA) is 92.5 Å². The minimum Gasteiger partial charge on any atom is -0.423 e. The summed E-state index contributed by atoms with van der Waals surface area (Å²) in [5.74, 6) is 0. The van der Waals surface area contributed by atoms with Crippen LogP contribution < -0.4 is 16.9 Å². The summed E-state index contributed by atoms with van der Waals surface area (Å²) in [6.45, 7) is 3.86. The van der Waals surface area contributed by atoms with Crippen molar-refractivity contribution in [2.45, 2.75) is 25.8 Å². The molecule has 0 saturated carbocycles. The maximum Gasteiger partial charge on any atom is 0.490 e. The van der Waals surface area contributed by atoms with Gasteiger partial charge in [0.15, 0.2) is 0 Å². The van der Waals surface area contributed by atoms with Gasteiger partial charge in [0.25, 0.3) is 0 Å². The zero-order chi connectivity index (χ0) is 11.6. The highest BCUT2D eigenvalue weighted by Gasteiger charge is 2.16. The van der Waals surface area contributed by atoms with Crippen molar-refractivity contribution in [2.75, 3.05) is 5.73 Å². The molecular formula is C10H17BN2O2. The van der Waals surface area contributed by atoms with E-state index in [4.69, 9.17) is 21.5 Å². The van der Waals surface area contributed by atoms with E-state index in [9.17, 15) is 0 Å². The highest BCUT2D eigenvalue weighted by molar-refractivity contribution is 6.60. The third kappa shape index (κ3) is 3.55. The van der Waals surface area contributed by atoms with E-state index in [1.54, 1.807) is 18.2 Å². The van der Waals surface area contributed by atoms with Crippen LogP contribution in [-0.4, -0.2) is 22.7 Å². The second-order valence-corrected chi connectivity index (χ2v) is 4.50. The summed E-state index contributed by atoms with van der Waals surface area (Å²) in [4.78, 5) is 0. The normalized spacial score (nSPS) is 11.5. The Balaban J connectivity index is 2.92. The van der Waals surface area contributed by atoms with Crippen LogP contribution in [0.5, 0.6) is 0 Å². The molecule has 0 saturated heterocycles. The van der Waals surface area contributed by atoms with Crippen LogP contribution >= 0.6 is 0 Å². The van der Waals surface area contributed by atoms with E-state index in [0.29, 0.717) is 17.6 Å². The quantitative estimate of drug-likeness (QED) is 0.387. The van der Waals surface area contributed by atoms with Crippen molar-refractivity contribution in [3.8, 4) is 0 Å². The van der Waals surface area contributed by atoms with E-state index in [2.05, 4.69) is 0 Å². The number of rotatable bonds is 3. The minimum atomic E-state index is -1.52. The average Bonchev–Trinajstić information content (AvgIpc) is 1.99. The summed E-state index contributed by atoms with van der Waals surface area (Å²) < 4.78 is 0. The van der Waals surface area contributed by atoms with Gasteiger partial charge in [-0.25, -0.2) is 0 Å². The number of hydrogen-bond donors (Lipinski definition) is 4. The first-order valence-electron chi connectivity index (χ1n) is 4.83. The molecule has 0 atom stereocenters. The van der Waals surface area contributed by atoms with E-state index in [1.165, 1.54) is 0 Å². The van der Waals surface area contributed by atoms with Gasteiger partial charge in [-0.05, 0) is 31.9 Å². The highest BCUT2D eigenvalue weighted by atomic mass is 16.4. The molecule has 0 radical (unpaired) electrons. The van der Waals surface area contributed by atoms with Crippen LogP contribution in [0.4, 0.5) is 5.69 Å². The molecule has 5 heteroatoms. The van der Waals surface area contributed by atoms with Gasteiger partial charge < -0.3 is 21.5 Å². The van der Waals surface area contributed by atoms with Gasteiger partial charge in [0.05, 0.1) is 0 Å². The molecule has 0 aromatic heterocycles. The van der Waals surface area contributed by atoms with E-state index >= 15 is 0 Å². The SMILES string of the molecule is CC(C)(N)Cc1ccc(B(O)O)c(N)c1. The Hall–Kier alpha value is -1.04. The lowest BCUT2D eigenvalue weighted by molar-refractivity contribution is 0.426. The van der Waals surface area contributed by atoms with Gasteiger partial charge in [-0.3, -0.25) is 0 Å². The summed E-state index contributed by atoms with van der Waals surface area (Å²) >= 11 is 0. The van der Waals surface area contributed by atoms with Crippen LogP contribution in [0.15, 0.2) is 18.2 Å². The molecule has 0 aliphatic rings. The zero-order valence-electron chi connectivity index (χ0n) is 9.07. The molecule has 82 valence electrons.